The number of rotatable bonds is 17. The first kappa shape index (κ1) is 26.9. The minimum Gasteiger partial charge on any atom is -0.481 e. The second-order valence-corrected chi connectivity index (χ2v) is 6.98. The van der Waals surface area contributed by atoms with Crippen LogP contribution in [-0.4, -0.2) is 48.4 Å². The van der Waals surface area contributed by atoms with Gasteiger partial charge in [-0.05, 0) is 32.6 Å². The number of unbranched alkanes of at least 4 members (excludes halogenated alkanes) is 3. The van der Waals surface area contributed by atoms with Gasteiger partial charge in [0.2, 0.25) is 0 Å². The van der Waals surface area contributed by atoms with E-state index < -0.39 is 12.1 Å². The molecule has 0 aromatic rings. The van der Waals surface area contributed by atoms with E-state index in [1.807, 2.05) is 31.2 Å². The zero-order valence-electron chi connectivity index (χ0n) is 18.3. The molecule has 2 N–H and O–H groups in total. The second-order valence-electron chi connectivity index (χ2n) is 6.98. The van der Waals surface area contributed by atoms with Crippen molar-refractivity contribution in [2.75, 3.05) is 14.2 Å². The molecule has 0 bridgehead atoms. The Kier molecular flexibility index (Phi) is 16.6. The van der Waals surface area contributed by atoms with E-state index in [0.717, 1.165) is 31.4 Å². The van der Waals surface area contributed by atoms with Gasteiger partial charge in [0, 0.05) is 18.3 Å². The van der Waals surface area contributed by atoms with Gasteiger partial charge >= 0.3 is 5.97 Å². The molecule has 0 aromatic carbocycles. The lowest BCUT2D eigenvalue weighted by molar-refractivity contribution is -0.137. The first-order chi connectivity index (χ1) is 14.0. The summed E-state index contributed by atoms with van der Waals surface area (Å²) in [5, 5.41) is 26.9. The van der Waals surface area contributed by atoms with Crippen LogP contribution in [0.3, 0.4) is 0 Å². The summed E-state index contributed by atoms with van der Waals surface area (Å²) in [5.41, 5.74) is 0.806. The highest BCUT2D eigenvalue weighted by molar-refractivity contribution is 5.87. The number of carbonyl (C=O) groups is 1. The van der Waals surface area contributed by atoms with Crippen molar-refractivity contribution >= 4 is 17.9 Å². The molecule has 0 heterocycles. The van der Waals surface area contributed by atoms with Crippen molar-refractivity contribution in [3.63, 3.8) is 0 Å². The van der Waals surface area contributed by atoms with Gasteiger partial charge in [-0.1, -0.05) is 60.8 Å². The average Bonchev–Trinajstić information content (AvgIpc) is 2.68. The molecule has 7 heteroatoms. The van der Waals surface area contributed by atoms with Crippen LogP contribution in [0.25, 0.3) is 0 Å². The average molecular weight is 411 g/mol. The number of allylic oxidation sites excluding steroid dienone is 3. The predicted molar refractivity (Wildman–Crippen MR) is 117 cm³/mol. The highest BCUT2D eigenvalue weighted by atomic mass is 16.6. The number of carboxylic acids is 1. The summed E-state index contributed by atoms with van der Waals surface area (Å²) in [7, 11) is 3.00. The maximum Gasteiger partial charge on any atom is 0.303 e. The van der Waals surface area contributed by atoms with Crippen molar-refractivity contribution in [1.29, 1.82) is 0 Å². The molecule has 0 aliphatic carbocycles. The summed E-state index contributed by atoms with van der Waals surface area (Å²) in [6.45, 7) is 4.03. The Balaban J connectivity index is 5.16. The predicted octanol–water partition coefficient (Wildman–Crippen LogP) is 4.57. The largest absolute Gasteiger partial charge is 0.481 e. The Morgan fingerprint density at radius 1 is 1.10 bits per heavy atom. The van der Waals surface area contributed by atoms with Gasteiger partial charge in [0.25, 0.3) is 0 Å². The molecule has 0 aliphatic rings. The summed E-state index contributed by atoms with van der Waals surface area (Å²) in [6, 6.07) is 0. The Bertz CT molecular complexity index is 543. The molecule has 0 saturated carbocycles. The Labute approximate surface area is 175 Å². The van der Waals surface area contributed by atoms with Gasteiger partial charge in [-0.2, -0.15) is 0 Å². The van der Waals surface area contributed by atoms with Crippen LogP contribution in [0, 0.1) is 11.8 Å². The zero-order chi connectivity index (χ0) is 21.9. The van der Waals surface area contributed by atoms with Crippen LogP contribution in [0.2, 0.25) is 0 Å². The minimum atomic E-state index is -0.780. The number of nitrogens with zero attached hydrogens (tertiary/aromatic N) is 2. The van der Waals surface area contributed by atoms with Crippen molar-refractivity contribution < 1.29 is 24.7 Å². The molecule has 0 fully saturated rings. The van der Waals surface area contributed by atoms with E-state index in [1.54, 1.807) is 6.21 Å². The van der Waals surface area contributed by atoms with Crippen molar-refractivity contribution in [3.05, 3.63) is 24.3 Å². The third kappa shape index (κ3) is 14.5. The summed E-state index contributed by atoms with van der Waals surface area (Å²) in [5.74, 6) is -0.931. The van der Waals surface area contributed by atoms with Crippen molar-refractivity contribution in [2.45, 2.75) is 71.3 Å². The Morgan fingerprint density at radius 2 is 1.86 bits per heavy atom. The van der Waals surface area contributed by atoms with E-state index in [2.05, 4.69) is 17.2 Å². The van der Waals surface area contributed by atoms with Crippen molar-refractivity contribution in [2.24, 2.45) is 22.1 Å². The molecular weight excluding hydrogens is 372 g/mol. The van der Waals surface area contributed by atoms with Crippen LogP contribution in [0.15, 0.2) is 34.6 Å². The van der Waals surface area contributed by atoms with Crippen molar-refractivity contribution in [1.82, 2.24) is 0 Å². The molecule has 0 spiro atoms. The summed E-state index contributed by atoms with van der Waals surface area (Å²) < 4.78 is 0. The van der Waals surface area contributed by atoms with E-state index in [1.165, 1.54) is 14.2 Å². The Hall–Kier alpha value is -2.15. The lowest BCUT2D eigenvalue weighted by atomic mass is 9.85. The highest BCUT2D eigenvalue weighted by Gasteiger charge is 2.21. The number of oxime groups is 2. The van der Waals surface area contributed by atoms with Crippen LogP contribution >= 0.6 is 0 Å². The monoisotopic (exact) mass is 410 g/mol. The standard InChI is InChI=1S/C22H38N2O5/c1-5-6-9-12-20(25)16-15-19(17-23-28-3)21(18(2)24-29-4)13-10-7-8-11-14-22(26)27/h7,10,15-17,19-21,25H,5-6,8-9,11-14H2,1-4H3,(H,26,27)/b10-7-,16-15+,23-17+,24-18-/t19-,20+,21-/m0/s1. The minimum absolute atomic E-state index is 0.0244. The number of aliphatic carboxylic acids is 1. The summed E-state index contributed by atoms with van der Waals surface area (Å²) in [4.78, 5) is 20.4. The number of aliphatic hydroxyl groups is 1. The third-order valence-corrected chi connectivity index (χ3v) is 4.55. The molecule has 3 atom stereocenters. The van der Waals surface area contributed by atoms with Gasteiger partial charge < -0.3 is 19.9 Å². The maximum atomic E-state index is 10.6. The van der Waals surface area contributed by atoms with Gasteiger partial charge in [-0.15, -0.1) is 0 Å². The van der Waals surface area contributed by atoms with Gasteiger partial charge in [0.1, 0.15) is 14.2 Å². The van der Waals surface area contributed by atoms with Gasteiger partial charge in [-0.25, -0.2) is 0 Å². The number of hydrogen-bond donors (Lipinski definition) is 2. The third-order valence-electron chi connectivity index (χ3n) is 4.55. The van der Waals surface area contributed by atoms with Crippen molar-refractivity contribution in [3.8, 4) is 0 Å². The van der Waals surface area contributed by atoms with E-state index >= 15 is 0 Å². The van der Waals surface area contributed by atoms with Gasteiger partial charge in [-0.3, -0.25) is 4.79 Å². The fourth-order valence-corrected chi connectivity index (χ4v) is 2.92. The molecule has 0 unspecified atom stereocenters. The van der Waals surface area contributed by atoms with Crippen LogP contribution < -0.4 is 0 Å². The van der Waals surface area contributed by atoms with Gasteiger partial charge in [0.05, 0.1) is 18.0 Å². The van der Waals surface area contributed by atoms with Crippen LogP contribution in [-0.2, 0) is 14.5 Å². The molecule has 0 aliphatic heterocycles. The van der Waals surface area contributed by atoms with Crippen LogP contribution in [0.4, 0.5) is 0 Å². The molecule has 0 rings (SSSR count). The molecule has 29 heavy (non-hydrogen) atoms. The lowest BCUT2D eigenvalue weighted by Crippen LogP contribution is -2.22. The first-order valence-electron chi connectivity index (χ1n) is 10.3. The van der Waals surface area contributed by atoms with E-state index in [9.17, 15) is 9.90 Å². The zero-order valence-corrected chi connectivity index (χ0v) is 18.3. The van der Waals surface area contributed by atoms with Crippen LogP contribution in [0.1, 0.15) is 65.2 Å². The SMILES string of the molecule is CCCCC[C@@H](O)/C=C/[C@@H](/C=N/OC)[C@@H](C/C=C\CCCC(=O)O)/C(C)=N\OC. The van der Waals surface area contributed by atoms with E-state index in [4.69, 9.17) is 14.8 Å². The lowest BCUT2D eigenvalue weighted by Gasteiger charge is -2.20. The molecule has 0 aromatic heterocycles. The Morgan fingerprint density at radius 3 is 2.48 bits per heavy atom. The topological polar surface area (TPSA) is 101 Å². The number of aliphatic hydroxyl groups excluding tert-OH is 1. The van der Waals surface area contributed by atoms with Crippen LogP contribution in [0.5, 0.6) is 0 Å². The number of hydrogen-bond acceptors (Lipinski definition) is 6. The second kappa shape index (κ2) is 17.9. The van der Waals surface area contributed by atoms with E-state index in [0.29, 0.717) is 19.3 Å². The summed E-state index contributed by atoms with van der Waals surface area (Å²) in [6.07, 6.45) is 15.1. The molecule has 7 nitrogen and oxygen atoms in total. The number of carboxylic acid groups (broad SMARTS) is 1. The normalized spacial score (nSPS) is 15.8. The smallest absolute Gasteiger partial charge is 0.303 e. The molecule has 0 radical (unpaired) electrons. The molecule has 0 saturated heterocycles. The molecule has 0 amide bonds. The highest BCUT2D eigenvalue weighted by Crippen LogP contribution is 2.21. The molecular formula is C22H38N2O5. The molecule has 166 valence electrons. The summed E-state index contributed by atoms with van der Waals surface area (Å²) >= 11 is 0. The first-order valence-corrected chi connectivity index (χ1v) is 10.3. The van der Waals surface area contributed by atoms with E-state index in [-0.39, 0.29) is 18.3 Å². The fraction of sp³-hybridized carbons (Fsp3) is 0.682. The van der Waals surface area contributed by atoms with Gasteiger partial charge in [0.15, 0.2) is 0 Å². The fourth-order valence-electron chi connectivity index (χ4n) is 2.92. The quantitative estimate of drug-likeness (QED) is 0.158. The maximum absolute atomic E-state index is 10.6.